The van der Waals surface area contributed by atoms with Gasteiger partial charge >= 0.3 is 5.97 Å². The Morgan fingerprint density at radius 1 is 1.67 bits per heavy atom. The van der Waals surface area contributed by atoms with Crippen LogP contribution in [0.3, 0.4) is 0 Å². The first-order chi connectivity index (χ1) is 8.58. The number of oxime groups is 1. The van der Waals surface area contributed by atoms with E-state index in [-0.39, 0.29) is 24.1 Å². The van der Waals surface area contributed by atoms with Crippen LogP contribution in [0.25, 0.3) is 0 Å². The molecule has 0 aromatic carbocycles. The van der Waals surface area contributed by atoms with Gasteiger partial charge in [-0.1, -0.05) is 5.16 Å². The molecule has 2 N–H and O–H groups in total. The van der Waals surface area contributed by atoms with Crippen LogP contribution < -0.4 is 5.32 Å². The number of carboxylic acid groups (broad SMARTS) is 1. The molecule has 2 atom stereocenters. The first kappa shape index (κ1) is 12.6. The molecule has 0 spiro atoms. The molecule has 18 heavy (non-hydrogen) atoms. The lowest BCUT2D eigenvalue weighted by molar-refractivity contribution is -0.132. The van der Waals surface area contributed by atoms with Gasteiger partial charge < -0.3 is 15.3 Å². The third-order valence-electron chi connectivity index (χ3n) is 2.61. The summed E-state index contributed by atoms with van der Waals surface area (Å²) in [5.41, 5.74) is 0.879. The summed E-state index contributed by atoms with van der Waals surface area (Å²) in [6.07, 6.45) is -0.852. The third kappa shape index (κ3) is 2.67. The van der Waals surface area contributed by atoms with Crippen LogP contribution >= 0.6 is 11.3 Å². The minimum absolute atomic E-state index is 0.00246. The van der Waals surface area contributed by atoms with Gasteiger partial charge in [-0.25, -0.2) is 4.79 Å². The number of hydrogen-bond acceptors (Lipinski definition) is 5. The molecule has 6 nitrogen and oxygen atoms in total. The van der Waals surface area contributed by atoms with Gasteiger partial charge in [0, 0.05) is 6.42 Å². The summed E-state index contributed by atoms with van der Waals surface area (Å²) >= 11 is 1.55. The highest BCUT2D eigenvalue weighted by Crippen LogP contribution is 2.17. The smallest absolute Gasteiger partial charge is 0.353 e. The van der Waals surface area contributed by atoms with Crippen molar-refractivity contribution < 1.29 is 19.5 Å². The van der Waals surface area contributed by atoms with Gasteiger partial charge in [0.15, 0.2) is 5.71 Å². The van der Waals surface area contributed by atoms with E-state index in [1.807, 2.05) is 23.8 Å². The fourth-order valence-electron chi connectivity index (χ4n) is 1.56. The Hall–Kier alpha value is -1.89. The molecule has 0 fully saturated rings. The highest BCUT2D eigenvalue weighted by atomic mass is 32.1. The highest BCUT2D eigenvalue weighted by Gasteiger charge is 2.32. The second-order valence-corrected chi connectivity index (χ2v) is 4.71. The molecule has 0 bridgehead atoms. The average Bonchev–Trinajstić information content (AvgIpc) is 3.00. The summed E-state index contributed by atoms with van der Waals surface area (Å²) in [4.78, 5) is 27.3. The molecule has 1 aliphatic heterocycles. The van der Waals surface area contributed by atoms with Gasteiger partial charge in [0.2, 0.25) is 6.10 Å². The number of hydrogen-bond donors (Lipinski definition) is 2. The molecule has 2 unspecified atom stereocenters. The van der Waals surface area contributed by atoms with E-state index in [9.17, 15) is 9.59 Å². The number of rotatable bonds is 4. The zero-order chi connectivity index (χ0) is 13.1. The van der Waals surface area contributed by atoms with Gasteiger partial charge in [0.25, 0.3) is 5.91 Å². The molecule has 1 aliphatic rings. The van der Waals surface area contributed by atoms with E-state index in [0.29, 0.717) is 0 Å². The topological polar surface area (TPSA) is 88.0 Å². The predicted octanol–water partition coefficient (Wildman–Crippen LogP) is 1.15. The van der Waals surface area contributed by atoms with E-state index >= 15 is 0 Å². The maximum Gasteiger partial charge on any atom is 0.353 e. The number of aliphatic carboxylic acids is 1. The Morgan fingerprint density at radius 2 is 2.44 bits per heavy atom. The number of carboxylic acids is 1. The maximum atomic E-state index is 11.8. The SMILES string of the molecule is CC(NC(=O)C1CC(C(=O)O)=NO1)c1ccsc1. The summed E-state index contributed by atoms with van der Waals surface area (Å²) in [7, 11) is 0. The first-order valence-corrected chi connectivity index (χ1v) is 6.30. The van der Waals surface area contributed by atoms with Crippen LogP contribution in [0.2, 0.25) is 0 Å². The molecule has 1 amide bonds. The second-order valence-electron chi connectivity index (χ2n) is 3.93. The van der Waals surface area contributed by atoms with Gasteiger partial charge in [-0.05, 0) is 29.3 Å². The normalized spacial score (nSPS) is 19.8. The van der Waals surface area contributed by atoms with Crippen molar-refractivity contribution in [1.82, 2.24) is 5.32 Å². The first-order valence-electron chi connectivity index (χ1n) is 5.36. The van der Waals surface area contributed by atoms with Crippen LogP contribution in [0.5, 0.6) is 0 Å². The molecule has 96 valence electrons. The average molecular weight is 268 g/mol. The van der Waals surface area contributed by atoms with Gasteiger partial charge in [-0.3, -0.25) is 4.79 Å². The molecule has 2 heterocycles. The van der Waals surface area contributed by atoms with Crippen molar-refractivity contribution >= 4 is 28.9 Å². The second kappa shape index (κ2) is 5.18. The number of nitrogens with zero attached hydrogens (tertiary/aromatic N) is 1. The Labute approximate surface area is 107 Å². The van der Waals surface area contributed by atoms with Gasteiger partial charge in [0.05, 0.1) is 6.04 Å². The predicted molar refractivity (Wildman–Crippen MR) is 65.4 cm³/mol. The molecular formula is C11H12N2O4S. The number of thiophene rings is 1. The summed E-state index contributed by atoms with van der Waals surface area (Å²) < 4.78 is 0. The van der Waals surface area contributed by atoms with E-state index in [1.165, 1.54) is 0 Å². The molecule has 0 saturated heterocycles. The van der Waals surface area contributed by atoms with Crippen LogP contribution in [0.4, 0.5) is 0 Å². The molecule has 1 aromatic rings. The highest BCUT2D eigenvalue weighted by molar-refractivity contribution is 7.07. The fourth-order valence-corrected chi connectivity index (χ4v) is 2.31. The minimum atomic E-state index is -1.16. The lowest BCUT2D eigenvalue weighted by Gasteiger charge is -2.14. The van der Waals surface area contributed by atoms with E-state index in [4.69, 9.17) is 9.94 Å². The van der Waals surface area contributed by atoms with Crippen molar-refractivity contribution in [3.05, 3.63) is 22.4 Å². The van der Waals surface area contributed by atoms with Gasteiger partial charge in [0.1, 0.15) is 0 Å². The zero-order valence-corrected chi connectivity index (χ0v) is 10.4. The Morgan fingerprint density at radius 3 is 3.00 bits per heavy atom. The summed E-state index contributed by atoms with van der Waals surface area (Å²) in [5.74, 6) is -1.51. The number of carbonyl (C=O) groups excluding carboxylic acids is 1. The van der Waals surface area contributed by atoms with E-state index in [1.54, 1.807) is 11.3 Å². The van der Waals surface area contributed by atoms with Crippen molar-refractivity contribution in [2.45, 2.75) is 25.5 Å². The van der Waals surface area contributed by atoms with Crippen molar-refractivity contribution in [3.63, 3.8) is 0 Å². The summed E-state index contributed by atoms with van der Waals surface area (Å²) in [5, 5.41) is 18.7. The van der Waals surface area contributed by atoms with Gasteiger partial charge in [-0.15, -0.1) is 0 Å². The summed E-state index contributed by atoms with van der Waals surface area (Å²) in [6.45, 7) is 1.86. The largest absolute Gasteiger partial charge is 0.477 e. The quantitative estimate of drug-likeness (QED) is 0.857. The third-order valence-corrected chi connectivity index (χ3v) is 3.31. The molecular weight excluding hydrogens is 256 g/mol. The monoisotopic (exact) mass is 268 g/mol. The van der Waals surface area contributed by atoms with Crippen molar-refractivity contribution in [2.24, 2.45) is 5.16 Å². The van der Waals surface area contributed by atoms with Crippen molar-refractivity contribution in [1.29, 1.82) is 0 Å². The summed E-state index contributed by atoms with van der Waals surface area (Å²) in [6, 6.07) is 1.78. The van der Waals surface area contributed by atoms with Crippen LogP contribution in [0.1, 0.15) is 24.9 Å². The number of carbonyl (C=O) groups is 2. The minimum Gasteiger partial charge on any atom is -0.477 e. The number of nitrogens with one attached hydrogen (secondary N) is 1. The Balaban J connectivity index is 1.89. The molecule has 0 saturated carbocycles. The Bertz CT molecular complexity index is 483. The molecule has 0 radical (unpaired) electrons. The van der Waals surface area contributed by atoms with Crippen LogP contribution in [0.15, 0.2) is 22.0 Å². The number of amides is 1. The van der Waals surface area contributed by atoms with Gasteiger partial charge in [-0.2, -0.15) is 11.3 Å². The molecule has 1 aromatic heterocycles. The van der Waals surface area contributed by atoms with Crippen molar-refractivity contribution in [3.8, 4) is 0 Å². The zero-order valence-electron chi connectivity index (χ0n) is 9.62. The molecule has 0 aliphatic carbocycles. The van der Waals surface area contributed by atoms with E-state index in [2.05, 4.69) is 10.5 Å². The Kier molecular flexibility index (Phi) is 3.61. The van der Waals surface area contributed by atoms with Crippen molar-refractivity contribution in [2.75, 3.05) is 0 Å². The maximum absolute atomic E-state index is 11.8. The van der Waals surface area contributed by atoms with Crippen LogP contribution in [0, 0.1) is 0 Å². The standard InChI is InChI=1S/C11H12N2O4S/c1-6(7-2-3-18-5-7)12-10(14)9-4-8(11(15)16)13-17-9/h2-3,5-6,9H,4H2,1H3,(H,12,14)(H,15,16). The molecule has 2 rings (SSSR count). The molecule has 7 heteroatoms. The fraction of sp³-hybridized carbons (Fsp3) is 0.364. The van der Waals surface area contributed by atoms with E-state index < -0.39 is 12.1 Å². The van der Waals surface area contributed by atoms with Crippen LogP contribution in [-0.2, 0) is 14.4 Å². The lowest BCUT2D eigenvalue weighted by Crippen LogP contribution is -2.36. The van der Waals surface area contributed by atoms with Crippen LogP contribution in [-0.4, -0.2) is 28.8 Å². The van der Waals surface area contributed by atoms with E-state index in [0.717, 1.165) is 5.56 Å². The lowest BCUT2D eigenvalue weighted by atomic mass is 10.1.